The summed E-state index contributed by atoms with van der Waals surface area (Å²) < 4.78 is 48.4. The summed E-state index contributed by atoms with van der Waals surface area (Å²) in [5, 5.41) is 4.29. The van der Waals surface area contributed by atoms with Crippen molar-refractivity contribution in [2.45, 2.75) is 26.1 Å². The van der Waals surface area contributed by atoms with Gasteiger partial charge in [0.2, 0.25) is 0 Å². The largest absolute Gasteiger partial charge is 0.493 e. The van der Waals surface area contributed by atoms with Crippen molar-refractivity contribution in [1.82, 2.24) is 4.98 Å². The SMILES string of the molecule is COc1cc(/C=N\Nc2ccc(C(F)(F)F)cn2)cc(Cl)c1OC(C)C. The van der Waals surface area contributed by atoms with Crippen molar-refractivity contribution < 1.29 is 22.6 Å². The monoisotopic (exact) mass is 387 g/mol. The summed E-state index contributed by atoms with van der Waals surface area (Å²) in [5.74, 6) is 1.05. The van der Waals surface area contributed by atoms with Crippen molar-refractivity contribution in [1.29, 1.82) is 0 Å². The van der Waals surface area contributed by atoms with Gasteiger partial charge in [-0.1, -0.05) is 11.6 Å². The minimum absolute atomic E-state index is 0.0756. The van der Waals surface area contributed by atoms with Crippen LogP contribution in [0.4, 0.5) is 19.0 Å². The molecule has 2 rings (SSSR count). The maximum Gasteiger partial charge on any atom is 0.417 e. The Morgan fingerprint density at radius 1 is 1.27 bits per heavy atom. The number of hydrogen-bond donors (Lipinski definition) is 1. The minimum Gasteiger partial charge on any atom is -0.493 e. The van der Waals surface area contributed by atoms with E-state index < -0.39 is 11.7 Å². The van der Waals surface area contributed by atoms with E-state index in [1.54, 1.807) is 12.1 Å². The molecule has 26 heavy (non-hydrogen) atoms. The molecule has 1 heterocycles. The fourth-order valence-electron chi connectivity index (χ4n) is 1.97. The Morgan fingerprint density at radius 2 is 2.00 bits per heavy atom. The standard InChI is InChI=1S/C17H17ClF3N3O2/c1-10(2)26-16-13(18)6-11(7-14(16)25-3)8-23-24-15-5-4-12(9-22-15)17(19,20)21/h4-10H,1-3H3,(H,22,24)/b23-8-. The molecule has 2 aromatic rings. The van der Waals surface area contributed by atoms with Crippen LogP contribution in [0, 0.1) is 0 Å². The van der Waals surface area contributed by atoms with Crippen LogP contribution >= 0.6 is 11.6 Å². The van der Waals surface area contributed by atoms with Crippen LogP contribution < -0.4 is 14.9 Å². The first-order chi connectivity index (χ1) is 12.2. The van der Waals surface area contributed by atoms with Crippen LogP contribution in [-0.4, -0.2) is 24.4 Å². The molecule has 0 bridgehead atoms. The summed E-state index contributed by atoms with van der Waals surface area (Å²) in [7, 11) is 1.49. The number of hydrogen-bond acceptors (Lipinski definition) is 5. The maximum absolute atomic E-state index is 12.5. The fraction of sp³-hybridized carbons (Fsp3) is 0.294. The van der Waals surface area contributed by atoms with E-state index in [-0.39, 0.29) is 11.9 Å². The molecule has 0 unspecified atom stereocenters. The topological polar surface area (TPSA) is 55.7 Å². The van der Waals surface area contributed by atoms with Crippen molar-refractivity contribution in [2.24, 2.45) is 5.10 Å². The molecule has 0 spiro atoms. The average molecular weight is 388 g/mol. The lowest BCUT2D eigenvalue weighted by molar-refractivity contribution is -0.137. The summed E-state index contributed by atoms with van der Waals surface area (Å²) in [6.45, 7) is 3.73. The summed E-state index contributed by atoms with van der Waals surface area (Å²) in [4.78, 5) is 3.66. The molecular weight excluding hydrogens is 371 g/mol. The Bertz CT molecular complexity index is 778. The van der Waals surface area contributed by atoms with Crippen LogP contribution in [0.1, 0.15) is 25.0 Å². The highest BCUT2D eigenvalue weighted by atomic mass is 35.5. The van der Waals surface area contributed by atoms with E-state index in [4.69, 9.17) is 21.1 Å². The predicted octanol–water partition coefficient (Wildman–Crippen LogP) is 5.00. The molecule has 0 aliphatic rings. The zero-order valence-electron chi connectivity index (χ0n) is 14.3. The van der Waals surface area contributed by atoms with Gasteiger partial charge in [0.1, 0.15) is 5.82 Å². The number of nitrogens with one attached hydrogen (secondary N) is 1. The van der Waals surface area contributed by atoms with E-state index in [0.717, 1.165) is 12.3 Å². The molecule has 9 heteroatoms. The van der Waals surface area contributed by atoms with Crippen LogP contribution in [-0.2, 0) is 6.18 Å². The first kappa shape index (κ1) is 19.8. The third-order valence-electron chi connectivity index (χ3n) is 3.09. The number of anilines is 1. The Labute approximate surface area is 153 Å². The van der Waals surface area contributed by atoms with E-state index in [9.17, 15) is 13.2 Å². The number of nitrogens with zero attached hydrogens (tertiary/aromatic N) is 2. The van der Waals surface area contributed by atoms with Gasteiger partial charge in [0, 0.05) is 6.20 Å². The van der Waals surface area contributed by atoms with Crippen LogP contribution in [0.3, 0.4) is 0 Å². The molecule has 0 aliphatic heterocycles. The third-order valence-corrected chi connectivity index (χ3v) is 3.37. The molecule has 0 saturated carbocycles. The lowest BCUT2D eigenvalue weighted by Crippen LogP contribution is -2.07. The average Bonchev–Trinajstić information content (AvgIpc) is 2.56. The second kappa shape index (κ2) is 8.27. The fourth-order valence-corrected chi connectivity index (χ4v) is 2.23. The zero-order valence-corrected chi connectivity index (χ0v) is 15.0. The maximum atomic E-state index is 12.5. The van der Waals surface area contributed by atoms with Crippen LogP contribution in [0.2, 0.25) is 5.02 Å². The number of rotatable bonds is 6. The Morgan fingerprint density at radius 3 is 2.54 bits per heavy atom. The first-order valence-corrected chi connectivity index (χ1v) is 7.95. The number of hydrazone groups is 1. The number of alkyl halides is 3. The molecule has 0 amide bonds. The van der Waals surface area contributed by atoms with Gasteiger partial charge in [-0.15, -0.1) is 0 Å². The molecule has 140 valence electrons. The van der Waals surface area contributed by atoms with Gasteiger partial charge < -0.3 is 9.47 Å². The Kier molecular flexibility index (Phi) is 6.31. The molecule has 1 aromatic carbocycles. The van der Waals surface area contributed by atoms with Crippen molar-refractivity contribution in [3.63, 3.8) is 0 Å². The molecular formula is C17H17ClF3N3O2. The highest BCUT2D eigenvalue weighted by Gasteiger charge is 2.30. The van der Waals surface area contributed by atoms with Crippen LogP contribution in [0.5, 0.6) is 11.5 Å². The highest BCUT2D eigenvalue weighted by molar-refractivity contribution is 6.32. The number of aromatic nitrogens is 1. The molecule has 0 saturated heterocycles. The minimum atomic E-state index is -4.43. The van der Waals surface area contributed by atoms with Crippen molar-refractivity contribution in [3.8, 4) is 11.5 Å². The lowest BCUT2D eigenvalue weighted by atomic mass is 10.2. The molecule has 1 aromatic heterocycles. The molecule has 5 nitrogen and oxygen atoms in total. The smallest absolute Gasteiger partial charge is 0.417 e. The number of methoxy groups -OCH3 is 1. The van der Waals surface area contributed by atoms with E-state index >= 15 is 0 Å². The number of benzene rings is 1. The van der Waals surface area contributed by atoms with Crippen molar-refractivity contribution in [2.75, 3.05) is 12.5 Å². The Hall–Kier alpha value is -2.48. The second-order valence-electron chi connectivity index (χ2n) is 5.50. The van der Waals surface area contributed by atoms with E-state index in [0.29, 0.717) is 22.1 Å². The molecule has 0 aliphatic carbocycles. The van der Waals surface area contributed by atoms with Crippen LogP contribution in [0.15, 0.2) is 35.6 Å². The van der Waals surface area contributed by atoms with Gasteiger partial charge in [0.15, 0.2) is 11.5 Å². The predicted molar refractivity (Wildman–Crippen MR) is 94.2 cm³/mol. The normalized spacial score (nSPS) is 11.8. The molecule has 1 N–H and O–H groups in total. The number of pyridine rings is 1. The van der Waals surface area contributed by atoms with Crippen molar-refractivity contribution in [3.05, 3.63) is 46.6 Å². The first-order valence-electron chi connectivity index (χ1n) is 7.57. The highest BCUT2D eigenvalue weighted by Crippen LogP contribution is 2.36. The quantitative estimate of drug-likeness (QED) is 0.560. The van der Waals surface area contributed by atoms with Gasteiger partial charge in [-0.3, -0.25) is 5.43 Å². The number of ether oxygens (including phenoxy) is 2. The lowest BCUT2D eigenvalue weighted by Gasteiger charge is -2.15. The van der Waals surface area contributed by atoms with Gasteiger partial charge in [0.25, 0.3) is 0 Å². The van der Waals surface area contributed by atoms with Crippen LogP contribution in [0.25, 0.3) is 0 Å². The van der Waals surface area contributed by atoms with E-state index in [1.807, 2.05) is 13.8 Å². The van der Waals surface area contributed by atoms with Crippen molar-refractivity contribution >= 4 is 23.6 Å². The molecule has 0 radical (unpaired) electrons. The van der Waals surface area contributed by atoms with Gasteiger partial charge in [0.05, 0.1) is 30.0 Å². The summed E-state index contributed by atoms with van der Waals surface area (Å²) in [5.41, 5.74) is 2.34. The van der Waals surface area contributed by atoms with Gasteiger partial charge in [-0.05, 0) is 43.7 Å². The third kappa shape index (κ3) is 5.26. The van der Waals surface area contributed by atoms with E-state index in [1.165, 1.54) is 19.4 Å². The summed E-state index contributed by atoms with van der Waals surface area (Å²) >= 11 is 6.21. The summed E-state index contributed by atoms with van der Waals surface area (Å²) in [6, 6.07) is 5.41. The second-order valence-corrected chi connectivity index (χ2v) is 5.91. The zero-order chi connectivity index (χ0) is 19.3. The van der Waals surface area contributed by atoms with E-state index in [2.05, 4.69) is 15.5 Å². The van der Waals surface area contributed by atoms with Gasteiger partial charge in [-0.2, -0.15) is 18.3 Å². The van der Waals surface area contributed by atoms with Gasteiger partial charge in [-0.25, -0.2) is 4.98 Å². The Balaban J connectivity index is 2.12. The number of halogens is 4. The molecule has 0 fully saturated rings. The van der Waals surface area contributed by atoms with Gasteiger partial charge >= 0.3 is 6.18 Å². The molecule has 0 atom stereocenters. The summed E-state index contributed by atoms with van der Waals surface area (Å²) in [6.07, 6.45) is -2.33.